The van der Waals surface area contributed by atoms with Crippen LogP contribution in [0.25, 0.3) is 0 Å². The summed E-state index contributed by atoms with van der Waals surface area (Å²) in [6.07, 6.45) is 12.6. The lowest BCUT2D eigenvalue weighted by atomic mass is 9.92. The monoisotopic (exact) mass is 2050 g/mol. The quantitative estimate of drug-likeness (QED) is 0.0292. The fourth-order valence-electron chi connectivity index (χ4n) is 14.2. The molecule has 11 unspecified atom stereocenters. The Morgan fingerprint density at radius 3 is 1.05 bits per heavy atom. The van der Waals surface area contributed by atoms with Gasteiger partial charge in [0.1, 0.15) is 69.9 Å². The molecule has 26 nitrogen and oxygen atoms in total. The van der Waals surface area contributed by atoms with Crippen molar-refractivity contribution < 1.29 is 67.7 Å². The average Bonchev–Trinajstić information content (AvgIpc) is 0.888. The first-order chi connectivity index (χ1) is 65.0. The predicted octanol–water partition coefficient (Wildman–Crippen LogP) is 20.6. The Morgan fingerprint density at radius 2 is 0.761 bits per heavy atom. The number of aliphatic carboxylic acids is 2. The van der Waals surface area contributed by atoms with Crippen LogP contribution in [0.3, 0.4) is 0 Å². The Kier molecular flexibility index (Phi) is 103. The standard InChI is InChI=1S/2C13H19NO.4C10H21NO.2C9H19NOS.C9H19NO.C8H17NO2.C7H15NO.C6H13NO2/c1-10(2)14-13(11(3)15)9-12-7-5-4-6-8-12;1-10(2)14-13(9-11(3)15)12-7-5-4-6-8-12;1-7(2)10(6-9(5)12)11-8(3)4;1-7(2)6-10(9(5)12)11-8(3)4;1-6-10(5,7-9(4)12)11-8(2)3;1-6-8(4)10(9(5)12)11-7(2)3;1-7(2)10-9(6-12-4)5-8(3)11;1-7(2)10-9(8(3)11)5-6-12-4;1-7(2)10-9(4,5)6-8(3)11;1-5(2)7(8(10)11)9-6(3)4;1-6(2)8-5-4-7(3)9;1-4(2)7-5(3)6(8)9/h2*4-8,10,13-14H,9H2,1-3H3;2*7-8,10-11H,6H2,1-5H3;8,11H,6-7H2,1-5H3;7-8,10-11H,6H2,1-5H3;2*7,9-10H,5-6H2,1-4H3;7,10H,6H2,1-5H3;5-7,9H,1-4H3,(H,10,11);6,8H,4-5H2,1-3H3;4-5,7H,1-3H3,(H,8,9). The largest absolute Gasteiger partial charge is 0.480 e. The average molecular weight is 2050 g/mol. The van der Waals surface area contributed by atoms with E-state index in [-0.39, 0.29) is 117 Å². The number of thioether (sulfide) groups is 2. The number of carboxylic acid groups (broad SMARTS) is 2. The lowest BCUT2D eigenvalue weighted by molar-refractivity contribution is -0.141. The zero-order chi connectivity index (χ0) is 113. The van der Waals surface area contributed by atoms with Gasteiger partial charge in [-0.05, 0) is 176 Å². The molecule has 0 heterocycles. The van der Waals surface area contributed by atoms with Gasteiger partial charge in [0.25, 0.3) is 0 Å². The first kappa shape index (κ1) is 156. The minimum absolute atomic E-state index is 0.0139. The van der Waals surface area contributed by atoms with Gasteiger partial charge in [-0.15, -0.1) is 0 Å². The second-order valence-corrected chi connectivity index (χ2v) is 45.4. The van der Waals surface area contributed by atoms with E-state index in [1.165, 1.54) is 11.1 Å². The predicted molar refractivity (Wildman–Crippen MR) is 612 cm³/mol. The van der Waals surface area contributed by atoms with Crippen molar-refractivity contribution in [1.29, 1.82) is 0 Å². The van der Waals surface area contributed by atoms with E-state index in [1.807, 2.05) is 77.9 Å². The van der Waals surface area contributed by atoms with Crippen molar-refractivity contribution in [2.45, 2.75) is 534 Å². The molecule has 0 spiro atoms. The second kappa shape index (κ2) is 93.8. The molecule has 0 aliphatic rings. The Labute approximate surface area is 879 Å². The number of nitrogens with one attached hydrogen (secondary N) is 12. The Bertz CT molecular complexity index is 3500. The molecule has 0 saturated carbocycles. The molecule has 28 heteroatoms. The molecule has 2 aromatic rings. The molecule has 0 bridgehead atoms. The summed E-state index contributed by atoms with van der Waals surface area (Å²) in [5.74, 6) is 4.60. The molecule has 0 amide bonds. The van der Waals surface area contributed by atoms with E-state index in [4.69, 9.17) is 10.2 Å². The molecule has 0 aliphatic heterocycles. The number of carbonyl (C=O) groups is 12. The van der Waals surface area contributed by atoms with Crippen molar-refractivity contribution in [3.05, 3.63) is 71.8 Å². The van der Waals surface area contributed by atoms with Crippen LogP contribution in [0.15, 0.2) is 60.7 Å². The molecular weight excluding hydrogens is 1830 g/mol. The number of benzene rings is 2. The van der Waals surface area contributed by atoms with Gasteiger partial charge in [0.2, 0.25) is 0 Å². The van der Waals surface area contributed by atoms with Gasteiger partial charge >= 0.3 is 11.9 Å². The summed E-state index contributed by atoms with van der Waals surface area (Å²) in [5.41, 5.74) is 2.31. The fraction of sp³-hybridized carbons (Fsp3) is 0.789. The minimum atomic E-state index is -0.802. The third-order valence-corrected chi connectivity index (χ3v) is 21.6. The van der Waals surface area contributed by atoms with E-state index < -0.39 is 24.0 Å². The topological polar surface area (TPSA) is 390 Å². The zero-order valence-corrected chi connectivity index (χ0v) is 101. The highest BCUT2D eigenvalue weighted by Crippen LogP contribution is 2.20. The number of rotatable bonds is 57. The van der Waals surface area contributed by atoms with Gasteiger partial charge in [0.15, 0.2) is 0 Å². The summed E-state index contributed by atoms with van der Waals surface area (Å²) >= 11 is 3.56. The molecule has 142 heavy (non-hydrogen) atoms. The number of hydrogen-bond acceptors (Lipinski definition) is 26. The van der Waals surface area contributed by atoms with Crippen LogP contribution in [0.5, 0.6) is 0 Å². The Balaban J connectivity index is -0.000000168. The summed E-state index contributed by atoms with van der Waals surface area (Å²) in [5, 5.41) is 56.1. The van der Waals surface area contributed by atoms with Crippen molar-refractivity contribution in [3.63, 3.8) is 0 Å². The number of ketones is 10. The molecule has 0 aliphatic carbocycles. The fourth-order valence-corrected chi connectivity index (χ4v) is 15.3. The van der Waals surface area contributed by atoms with Crippen LogP contribution in [0.4, 0.5) is 0 Å². The summed E-state index contributed by atoms with van der Waals surface area (Å²) in [7, 11) is 0. The molecule has 0 saturated heterocycles. The maximum atomic E-state index is 11.4. The van der Waals surface area contributed by atoms with Gasteiger partial charge in [-0.2, -0.15) is 23.5 Å². The SMILES string of the molecule is CC(=O)C(CC(C)C)NC(C)C.CC(=O)C(Cc1ccccc1)NC(C)C.CC(=O)CC(C)(C)NC(C)C.CC(=O)CC(NC(C)C)C(C)C.CC(=O)CC(NC(C)C)c1ccccc1.CC(=O)CCNC(C)C.CC(C)NC(C(=O)O)C(C)C.CC(C)NC(C)C(=O)O.CCC(C)(CC(C)=O)NC(C)C.CCC(C)C(NC(C)C)C(C)=O.CSCC(CC(C)=O)NC(C)C.CSCCC(NC(C)C)C(C)=O. The molecule has 836 valence electrons. The molecule has 14 N–H and O–H groups in total. The molecule has 2 aromatic carbocycles. The van der Waals surface area contributed by atoms with Crippen LogP contribution in [-0.4, -0.2) is 242 Å². The van der Waals surface area contributed by atoms with Gasteiger partial charge in [0.05, 0.1) is 24.2 Å². The van der Waals surface area contributed by atoms with Gasteiger partial charge < -0.3 is 74.0 Å². The zero-order valence-electron chi connectivity index (χ0n) is 99.7. The van der Waals surface area contributed by atoms with Gasteiger partial charge in [0, 0.05) is 153 Å². The molecule has 0 fully saturated rings. The van der Waals surface area contributed by atoms with E-state index in [2.05, 4.69) is 308 Å². The van der Waals surface area contributed by atoms with Gasteiger partial charge in [-0.1, -0.05) is 296 Å². The number of carbonyl (C=O) groups excluding carboxylic acids is 10. The van der Waals surface area contributed by atoms with Gasteiger partial charge in [-0.25, -0.2) is 0 Å². The third-order valence-electron chi connectivity index (χ3n) is 20.3. The minimum Gasteiger partial charge on any atom is -0.480 e. The lowest BCUT2D eigenvalue weighted by Crippen LogP contribution is -2.46. The summed E-state index contributed by atoms with van der Waals surface area (Å²) < 4.78 is 0. The van der Waals surface area contributed by atoms with Crippen molar-refractivity contribution in [2.24, 2.45) is 23.7 Å². The second-order valence-electron chi connectivity index (χ2n) is 43.5. The number of hydrogen-bond donors (Lipinski definition) is 14. The lowest BCUT2D eigenvalue weighted by Gasteiger charge is -2.31. The van der Waals surface area contributed by atoms with Crippen molar-refractivity contribution in [2.75, 3.05) is 30.6 Å². The normalized spacial score (nSPS) is 13.6. The van der Waals surface area contributed by atoms with Crippen LogP contribution in [0, 0.1) is 23.7 Å². The molecule has 0 aromatic heterocycles. The van der Waals surface area contributed by atoms with Crippen molar-refractivity contribution in [1.82, 2.24) is 63.8 Å². The number of carboxylic acids is 2. The molecule has 0 radical (unpaired) electrons. The molecule has 2 rings (SSSR count). The van der Waals surface area contributed by atoms with E-state index >= 15 is 0 Å². The van der Waals surface area contributed by atoms with Crippen LogP contribution in [0.2, 0.25) is 0 Å². The highest BCUT2D eigenvalue weighted by molar-refractivity contribution is 7.98. The summed E-state index contributed by atoms with van der Waals surface area (Å²) in [6.45, 7) is 93.1. The summed E-state index contributed by atoms with van der Waals surface area (Å²) in [6, 6.07) is 24.9. The van der Waals surface area contributed by atoms with Crippen molar-refractivity contribution in [3.8, 4) is 0 Å². The van der Waals surface area contributed by atoms with E-state index in [9.17, 15) is 57.5 Å². The highest BCUT2D eigenvalue weighted by Gasteiger charge is 2.27. The summed E-state index contributed by atoms with van der Waals surface area (Å²) in [4.78, 5) is 131. The molecule has 11 atom stereocenters. The Hall–Kier alpha value is -5.70. The number of Topliss-reactive ketones (excluding diaryl/α,β-unsaturated/α-hetero) is 10. The maximum absolute atomic E-state index is 11.4. The van der Waals surface area contributed by atoms with Gasteiger partial charge in [-0.3, -0.25) is 57.5 Å². The van der Waals surface area contributed by atoms with Crippen LogP contribution >= 0.6 is 23.5 Å². The van der Waals surface area contributed by atoms with Crippen LogP contribution in [-0.2, 0) is 64.0 Å². The smallest absolute Gasteiger partial charge is 0.320 e. The van der Waals surface area contributed by atoms with Crippen LogP contribution < -0.4 is 63.8 Å². The highest BCUT2D eigenvalue weighted by atomic mass is 32.2. The van der Waals surface area contributed by atoms with Crippen LogP contribution in [0.1, 0.15) is 407 Å². The Morgan fingerprint density at radius 1 is 0.366 bits per heavy atom. The first-order valence-electron chi connectivity index (χ1n) is 52.6. The van der Waals surface area contributed by atoms with Crippen molar-refractivity contribution >= 4 is 93.3 Å². The molecular formula is C114H224N12O14S2. The van der Waals surface area contributed by atoms with E-state index in [0.29, 0.717) is 129 Å². The maximum Gasteiger partial charge on any atom is 0.320 e. The van der Waals surface area contributed by atoms with E-state index in [1.54, 1.807) is 99.7 Å². The first-order valence-corrected chi connectivity index (χ1v) is 55.4. The van der Waals surface area contributed by atoms with E-state index in [0.717, 1.165) is 50.2 Å². The third kappa shape index (κ3) is 115.